The van der Waals surface area contributed by atoms with E-state index in [2.05, 4.69) is 10.2 Å². The van der Waals surface area contributed by atoms with Crippen molar-refractivity contribution < 1.29 is 9.53 Å². The highest BCUT2D eigenvalue weighted by Gasteiger charge is 2.18. The van der Waals surface area contributed by atoms with Gasteiger partial charge in [-0.1, -0.05) is 23.7 Å². The van der Waals surface area contributed by atoms with Crippen LogP contribution in [0.5, 0.6) is 0 Å². The van der Waals surface area contributed by atoms with Crippen LogP contribution in [0, 0.1) is 6.92 Å². The Morgan fingerprint density at radius 3 is 2.68 bits per heavy atom. The maximum Gasteiger partial charge on any atom is 0.356 e. The fraction of sp³-hybridized carbons (Fsp3) is 0.286. The molecule has 5 heteroatoms. The summed E-state index contributed by atoms with van der Waals surface area (Å²) < 4.78 is 5.01. The molecule has 2 rings (SSSR count). The minimum absolute atomic E-state index is 0.345. The van der Waals surface area contributed by atoms with E-state index in [1.807, 2.05) is 31.2 Å². The van der Waals surface area contributed by atoms with E-state index < -0.39 is 0 Å². The summed E-state index contributed by atoms with van der Waals surface area (Å²) in [7, 11) is 0. The number of carbonyl (C=O) groups is 1. The molecule has 0 bridgehead atoms. The van der Waals surface area contributed by atoms with Crippen LogP contribution in [0.4, 0.5) is 0 Å². The molecular weight excluding hydrogens is 264 g/mol. The Bertz CT molecular complexity index is 576. The van der Waals surface area contributed by atoms with Crippen molar-refractivity contribution in [1.29, 1.82) is 0 Å². The van der Waals surface area contributed by atoms with Crippen molar-refractivity contribution in [3.63, 3.8) is 0 Å². The van der Waals surface area contributed by atoms with Gasteiger partial charge in [0.2, 0.25) is 0 Å². The van der Waals surface area contributed by atoms with Gasteiger partial charge in [0, 0.05) is 17.0 Å². The lowest BCUT2D eigenvalue weighted by atomic mass is 10.0. The van der Waals surface area contributed by atoms with E-state index >= 15 is 0 Å². The lowest BCUT2D eigenvalue weighted by Crippen LogP contribution is -2.08. The number of aryl methyl sites for hydroxylation is 1. The number of nitrogens with one attached hydrogen (secondary N) is 1. The van der Waals surface area contributed by atoms with Gasteiger partial charge in [-0.25, -0.2) is 4.79 Å². The summed E-state index contributed by atoms with van der Waals surface area (Å²) in [6.45, 7) is 3.99. The molecule has 0 radical (unpaired) electrons. The standard InChI is InChI=1S/C14H15ClN2O2/c1-3-19-14(18)13-12(9(2)16-17-13)8-10-4-6-11(15)7-5-10/h4-7H,3,8H2,1-2H3,(H,16,17). The summed E-state index contributed by atoms with van der Waals surface area (Å²) in [6.07, 6.45) is 0.619. The predicted octanol–water partition coefficient (Wildman–Crippen LogP) is 3.14. The van der Waals surface area contributed by atoms with Crippen LogP contribution in [-0.2, 0) is 11.2 Å². The molecular formula is C14H15ClN2O2. The summed E-state index contributed by atoms with van der Waals surface area (Å²) in [4.78, 5) is 11.8. The molecule has 0 saturated heterocycles. The number of rotatable bonds is 4. The van der Waals surface area contributed by atoms with Crippen molar-refractivity contribution in [3.05, 3.63) is 51.8 Å². The second kappa shape index (κ2) is 5.89. The van der Waals surface area contributed by atoms with E-state index in [0.717, 1.165) is 16.8 Å². The van der Waals surface area contributed by atoms with Gasteiger partial charge in [0.15, 0.2) is 0 Å². The summed E-state index contributed by atoms with van der Waals surface area (Å²) in [5.41, 5.74) is 3.16. The lowest BCUT2D eigenvalue weighted by molar-refractivity contribution is 0.0518. The summed E-state index contributed by atoms with van der Waals surface area (Å²) >= 11 is 5.86. The molecule has 19 heavy (non-hydrogen) atoms. The Labute approximate surface area is 116 Å². The van der Waals surface area contributed by atoms with Crippen LogP contribution in [0.15, 0.2) is 24.3 Å². The van der Waals surface area contributed by atoms with E-state index in [1.54, 1.807) is 6.92 Å². The zero-order chi connectivity index (χ0) is 13.8. The van der Waals surface area contributed by atoms with Gasteiger partial charge in [0.05, 0.1) is 12.3 Å². The van der Waals surface area contributed by atoms with Gasteiger partial charge < -0.3 is 4.74 Å². The first-order chi connectivity index (χ1) is 9.11. The SMILES string of the molecule is CCOC(=O)c1[nH]nc(C)c1Cc1ccc(Cl)cc1. The molecule has 0 aliphatic heterocycles. The van der Waals surface area contributed by atoms with Gasteiger partial charge >= 0.3 is 5.97 Å². The first kappa shape index (κ1) is 13.6. The number of H-pyrrole nitrogens is 1. The summed E-state index contributed by atoms with van der Waals surface area (Å²) in [5.74, 6) is -0.368. The maximum atomic E-state index is 11.8. The highest BCUT2D eigenvalue weighted by Crippen LogP contribution is 2.18. The molecule has 0 amide bonds. The third kappa shape index (κ3) is 3.15. The van der Waals surface area contributed by atoms with Crippen LogP contribution < -0.4 is 0 Å². The van der Waals surface area contributed by atoms with E-state index in [9.17, 15) is 4.79 Å². The average Bonchev–Trinajstić information content (AvgIpc) is 2.74. The molecule has 1 N–H and O–H groups in total. The van der Waals surface area contributed by atoms with E-state index in [-0.39, 0.29) is 5.97 Å². The summed E-state index contributed by atoms with van der Waals surface area (Å²) in [6, 6.07) is 7.53. The first-order valence-electron chi connectivity index (χ1n) is 6.07. The molecule has 0 atom stereocenters. The minimum Gasteiger partial charge on any atom is -0.461 e. The minimum atomic E-state index is -0.368. The number of nitrogens with zero attached hydrogens (tertiary/aromatic N) is 1. The largest absolute Gasteiger partial charge is 0.461 e. The van der Waals surface area contributed by atoms with Crippen molar-refractivity contribution in [2.45, 2.75) is 20.3 Å². The quantitative estimate of drug-likeness (QED) is 0.874. The molecule has 4 nitrogen and oxygen atoms in total. The Hall–Kier alpha value is -1.81. The van der Waals surface area contributed by atoms with Crippen LogP contribution in [0.2, 0.25) is 5.02 Å². The Morgan fingerprint density at radius 2 is 2.05 bits per heavy atom. The molecule has 0 aliphatic carbocycles. The van der Waals surface area contributed by atoms with Gasteiger partial charge in [-0.3, -0.25) is 5.10 Å². The molecule has 0 saturated carbocycles. The Kier molecular flexibility index (Phi) is 4.22. The molecule has 1 aromatic heterocycles. The predicted molar refractivity (Wildman–Crippen MR) is 73.5 cm³/mol. The highest BCUT2D eigenvalue weighted by molar-refractivity contribution is 6.30. The molecule has 0 unspecified atom stereocenters. The Balaban J connectivity index is 2.26. The van der Waals surface area contributed by atoms with Crippen LogP contribution in [-0.4, -0.2) is 22.8 Å². The van der Waals surface area contributed by atoms with Crippen LogP contribution in [0.1, 0.15) is 34.2 Å². The van der Waals surface area contributed by atoms with Crippen molar-refractivity contribution in [2.24, 2.45) is 0 Å². The molecule has 1 aromatic carbocycles. The van der Waals surface area contributed by atoms with Crippen molar-refractivity contribution >= 4 is 17.6 Å². The molecule has 2 aromatic rings. The topological polar surface area (TPSA) is 55.0 Å². The second-order valence-corrected chi connectivity index (χ2v) is 4.62. The fourth-order valence-corrected chi connectivity index (χ4v) is 1.98. The zero-order valence-corrected chi connectivity index (χ0v) is 11.6. The maximum absolute atomic E-state index is 11.8. The van der Waals surface area contributed by atoms with Crippen molar-refractivity contribution in [1.82, 2.24) is 10.2 Å². The van der Waals surface area contributed by atoms with Crippen molar-refractivity contribution in [3.8, 4) is 0 Å². The fourth-order valence-electron chi connectivity index (χ4n) is 1.85. The number of aromatic amines is 1. The number of ether oxygens (including phenoxy) is 1. The zero-order valence-electron chi connectivity index (χ0n) is 10.9. The van der Waals surface area contributed by atoms with Gasteiger partial charge in [-0.2, -0.15) is 5.10 Å². The van der Waals surface area contributed by atoms with E-state index in [4.69, 9.17) is 16.3 Å². The third-order valence-corrected chi connectivity index (χ3v) is 3.10. The number of benzene rings is 1. The average molecular weight is 279 g/mol. The van der Waals surface area contributed by atoms with Gasteiger partial charge in [0.1, 0.15) is 5.69 Å². The normalized spacial score (nSPS) is 10.5. The second-order valence-electron chi connectivity index (χ2n) is 4.19. The first-order valence-corrected chi connectivity index (χ1v) is 6.45. The molecule has 1 heterocycles. The summed E-state index contributed by atoms with van der Waals surface area (Å²) in [5, 5.41) is 7.51. The highest BCUT2D eigenvalue weighted by atomic mass is 35.5. The Morgan fingerprint density at radius 1 is 1.37 bits per heavy atom. The molecule has 0 aliphatic rings. The van der Waals surface area contributed by atoms with Gasteiger partial charge in [0.25, 0.3) is 0 Å². The van der Waals surface area contributed by atoms with E-state index in [1.165, 1.54) is 0 Å². The smallest absolute Gasteiger partial charge is 0.356 e. The number of hydrogen-bond donors (Lipinski definition) is 1. The lowest BCUT2D eigenvalue weighted by Gasteiger charge is -2.05. The van der Waals surface area contributed by atoms with Gasteiger partial charge in [-0.15, -0.1) is 0 Å². The molecule has 0 fully saturated rings. The number of carbonyl (C=O) groups excluding carboxylic acids is 1. The van der Waals surface area contributed by atoms with Crippen LogP contribution in [0.25, 0.3) is 0 Å². The number of aromatic nitrogens is 2. The number of halogens is 1. The number of hydrogen-bond acceptors (Lipinski definition) is 3. The van der Waals surface area contributed by atoms with Crippen LogP contribution in [0.3, 0.4) is 0 Å². The van der Waals surface area contributed by atoms with E-state index in [0.29, 0.717) is 23.7 Å². The van der Waals surface area contributed by atoms with Gasteiger partial charge in [-0.05, 0) is 31.5 Å². The molecule has 0 spiro atoms. The van der Waals surface area contributed by atoms with Crippen molar-refractivity contribution in [2.75, 3.05) is 6.61 Å². The monoisotopic (exact) mass is 278 g/mol. The molecule has 100 valence electrons. The number of esters is 1. The third-order valence-electron chi connectivity index (χ3n) is 2.85. The van der Waals surface area contributed by atoms with Crippen LogP contribution >= 0.6 is 11.6 Å².